The number of nitrogens with two attached hydrogens (primary N) is 1. The van der Waals surface area contributed by atoms with Crippen molar-refractivity contribution in [2.24, 2.45) is 5.73 Å². The van der Waals surface area contributed by atoms with E-state index >= 15 is 0 Å². The van der Waals surface area contributed by atoms with E-state index in [0.717, 1.165) is 11.4 Å². The molecule has 5 nitrogen and oxygen atoms in total. The highest BCUT2D eigenvalue weighted by Gasteiger charge is 2.16. The van der Waals surface area contributed by atoms with Crippen LogP contribution in [0.15, 0.2) is 18.3 Å². The number of rotatable bonds is 5. The van der Waals surface area contributed by atoms with E-state index in [1.54, 1.807) is 20.2 Å². The monoisotopic (exact) mass is 223 g/mol. The van der Waals surface area contributed by atoms with Crippen molar-refractivity contribution in [2.45, 2.75) is 19.4 Å². The lowest BCUT2D eigenvalue weighted by molar-refractivity contribution is -0.144. The minimum atomic E-state index is -0.642. The van der Waals surface area contributed by atoms with Gasteiger partial charge in [0.25, 0.3) is 0 Å². The molecule has 88 valence electrons. The smallest absolute Gasteiger partial charge is 0.323 e. The quantitative estimate of drug-likeness (QED) is 0.713. The highest BCUT2D eigenvalue weighted by atomic mass is 16.5. The van der Waals surface area contributed by atoms with Gasteiger partial charge >= 0.3 is 5.97 Å². The van der Waals surface area contributed by atoms with E-state index < -0.39 is 6.04 Å². The number of nitrogens with one attached hydrogen (secondary N) is 1. The van der Waals surface area contributed by atoms with Crippen LogP contribution in [0.3, 0.4) is 0 Å². The summed E-state index contributed by atoms with van der Waals surface area (Å²) in [6.45, 7) is 2.10. The first-order valence-electron chi connectivity index (χ1n) is 5.22. The summed E-state index contributed by atoms with van der Waals surface area (Å²) < 4.78 is 4.84. The second kappa shape index (κ2) is 6.07. The predicted molar refractivity (Wildman–Crippen MR) is 62.1 cm³/mol. The van der Waals surface area contributed by atoms with Crippen molar-refractivity contribution in [3.8, 4) is 0 Å². The summed E-state index contributed by atoms with van der Waals surface area (Å²) in [5, 5.41) is 2.95. The fourth-order valence-electron chi connectivity index (χ4n) is 1.40. The van der Waals surface area contributed by atoms with Gasteiger partial charge in [0.1, 0.15) is 11.9 Å². The fraction of sp³-hybridized carbons (Fsp3) is 0.455. The maximum atomic E-state index is 11.4. The van der Waals surface area contributed by atoms with Crippen molar-refractivity contribution in [1.82, 2.24) is 4.98 Å². The van der Waals surface area contributed by atoms with Crippen LogP contribution in [0.25, 0.3) is 0 Å². The van der Waals surface area contributed by atoms with E-state index in [0.29, 0.717) is 13.0 Å². The molecule has 1 unspecified atom stereocenters. The third-order valence-corrected chi connectivity index (χ3v) is 2.16. The number of carbonyl (C=O) groups excluding carboxylic acids is 1. The van der Waals surface area contributed by atoms with Crippen molar-refractivity contribution in [1.29, 1.82) is 0 Å². The minimum Gasteiger partial charge on any atom is -0.465 e. The predicted octanol–water partition coefficient (Wildman–Crippen LogP) is 0.556. The summed E-state index contributed by atoms with van der Waals surface area (Å²) >= 11 is 0. The number of hydrogen-bond acceptors (Lipinski definition) is 5. The van der Waals surface area contributed by atoms with E-state index in [4.69, 9.17) is 10.5 Å². The minimum absolute atomic E-state index is 0.346. The van der Waals surface area contributed by atoms with Crippen LogP contribution in [0, 0.1) is 0 Å². The molecular formula is C11H17N3O2. The van der Waals surface area contributed by atoms with Gasteiger partial charge in [-0.3, -0.25) is 4.79 Å². The van der Waals surface area contributed by atoms with Gasteiger partial charge in [0.15, 0.2) is 0 Å². The van der Waals surface area contributed by atoms with E-state index in [1.807, 2.05) is 12.1 Å². The Morgan fingerprint density at radius 1 is 1.69 bits per heavy atom. The lowest BCUT2D eigenvalue weighted by atomic mass is 10.1. The average Bonchev–Trinajstić information content (AvgIpc) is 2.30. The van der Waals surface area contributed by atoms with Crippen molar-refractivity contribution < 1.29 is 9.53 Å². The van der Waals surface area contributed by atoms with Gasteiger partial charge < -0.3 is 15.8 Å². The summed E-state index contributed by atoms with van der Waals surface area (Å²) in [6.07, 6.45) is 2.11. The van der Waals surface area contributed by atoms with Crippen LogP contribution in [-0.4, -0.2) is 30.6 Å². The van der Waals surface area contributed by atoms with E-state index in [-0.39, 0.29) is 5.97 Å². The van der Waals surface area contributed by atoms with Crippen LogP contribution < -0.4 is 11.1 Å². The highest BCUT2D eigenvalue weighted by Crippen LogP contribution is 2.12. The maximum absolute atomic E-state index is 11.4. The van der Waals surface area contributed by atoms with Crippen LogP contribution in [0.2, 0.25) is 0 Å². The third-order valence-electron chi connectivity index (χ3n) is 2.16. The van der Waals surface area contributed by atoms with Crippen LogP contribution in [0.1, 0.15) is 12.5 Å². The Labute approximate surface area is 95.0 Å². The van der Waals surface area contributed by atoms with Gasteiger partial charge in [-0.05, 0) is 18.6 Å². The highest BCUT2D eigenvalue weighted by molar-refractivity contribution is 5.76. The molecule has 0 spiro atoms. The summed E-state index contributed by atoms with van der Waals surface area (Å²) in [5.74, 6) is 0.357. The van der Waals surface area contributed by atoms with Crippen LogP contribution in [0.5, 0.6) is 0 Å². The van der Waals surface area contributed by atoms with Crippen LogP contribution in [-0.2, 0) is 16.0 Å². The lowest BCUT2D eigenvalue weighted by Crippen LogP contribution is -2.34. The van der Waals surface area contributed by atoms with Gasteiger partial charge in [0, 0.05) is 19.7 Å². The molecule has 16 heavy (non-hydrogen) atoms. The molecule has 0 amide bonds. The molecule has 0 radical (unpaired) electrons. The van der Waals surface area contributed by atoms with Crippen LogP contribution in [0.4, 0.5) is 5.82 Å². The topological polar surface area (TPSA) is 77.2 Å². The normalized spacial score (nSPS) is 11.9. The number of ether oxygens (including phenoxy) is 1. The Morgan fingerprint density at radius 3 is 3.06 bits per heavy atom. The number of pyridine rings is 1. The fourth-order valence-corrected chi connectivity index (χ4v) is 1.40. The molecule has 0 aliphatic carbocycles. The van der Waals surface area contributed by atoms with Gasteiger partial charge in [-0.15, -0.1) is 0 Å². The summed E-state index contributed by atoms with van der Waals surface area (Å²) in [6, 6.07) is 3.06. The first-order chi connectivity index (χ1) is 7.69. The van der Waals surface area contributed by atoms with E-state index in [9.17, 15) is 4.79 Å². The van der Waals surface area contributed by atoms with Crippen molar-refractivity contribution in [2.75, 3.05) is 19.0 Å². The lowest BCUT2D eigenvalue weighted by Gasteiger charge is -2.12. The molecule has 0 saturated carbocycles. The second-order valence-corrected chi connectivity index (χ2v) is 3.32. The van der Waals surface area contributed by atoms with Gasteiger partial charge in [-0.25, -0.2) is 4.98 Å². The first kappa shape index (κ1) is 12.4. The molecule has 0 fully saturated rings. The van der Waals surface area contributed by atoms with Gasteiger partial charge in [0.2, 0.25) is 0 Å². The molecule has 1 heterocycles. The number of carbonyl (C=O) groups is 1. The molecule has 5 heteroatoms. The molecular weight excluding hydrogens is 206 g/mol. The summed E-state index contributed by atoms with van der Waals surface area (Å²) in [7, 11) is 1.78. The van der Waals surface area contributed by atoms with Gasteiger partial charge in [-0.2, -0.15) is 0 Å². The average molecular weight is 223 g/mol. The number of esters is 1. The molecule has 1 aromatic rings. The number of hydrogen-bond donors (Lipinski definition) is 2. The Balaban J connectivity index is 2.68. The molecule has 0 bridgehead atoms. The summed E-state index contributed by atoms with van der Waals surface area (Å²) in [4.78, 5) is 15.5. The number of aromatic nitrogens is 1. The Morgan fingerprint density at radius 2 is 2.44 bits per heavy atom. The number of anilines is 1. The molecule has 3 N–H and O–H groups in total. The van der Waals surface area contributed by atoms with Crippen molar-refractivity contribution in [3.63, 3.8) is 0 Å². The second-order valence-electron chi connectivity index (χ2n) is 3.32. The molecule has 0 aliphatic heterocycles. The zero-order valence-corrected chi connectivity index (χ0v) is 9.56. The first-order valence-corrected chi connectivity index (χ1v) is 5.22. The molecule has 1 aromatic heterocycles. The molecule has 1 atom stereocenters. The standard InChI is InChI=1S/C11H17N3O2/c1-3-16-11(15)9(12)7-8-5-4-6-14-10(8)13-2/h4-6,9H,3,7,12H2,1-2H3,(H,13,14). The molecule has 0 saturated heterocycles. The Kier molecular flexibility index (Phi) is 4.72. The van der Waals surface area contributed by atoms with Gasteiger partial charge in [0.05, 0.1) is 6.61 Å². The Hall–Kier alpha value is -1.62. The zero-order chi connectivity index (χ0) is 12.0. The van der Waals surface area contributed by atoms with E-state index in [2.05, 4.69) is 10.3 Å². The van der Waals surface area contributed by atoms with Crippen molar-refractivity contribution >= 4 is 11.8 Å². The SMILES string of the molecule is CCOC(=O)C(N)Cc1cccnc1NC. The largest absolute Gasteiger partial charge is 0.465 e. The zero-order valence-electron chi connectivity index (χ0n) is 9.56. The maximum Gasteiger partial charge on any atom is 0.323 e. The number of nitrogens with zero attached hydrogens (tertiary/aromatic N) is 1. The Bertz CT molecular complexity index is 355. The third kappa shape index (κ3) is 3.20. The van der Waals surface area contributed by atoms with Gasteiger partial charge in [-0.1, -0.05) is 6.07 Å². The molecule has 1 rings (SSSR count). The molecule has 0 aliphatic rings. The van der Waals surface area contributed by atoms with Crippen molar-refractivity contribution in [3.05, 3.63) is 23.9 Å². The molecule has 0 aromatic carbocycles. The van der Waals surface area contributed by atoms with E-state index in [1.165, 1.54) is 0 Å². The summed E-state index contributed by atoms with van der Waals surface area (Å²) in [5.41, 5.74) is 6.64. The van der Waals surface area contributed by atoms with Crippen LogP contribution >= 0.6 is 0 Å².